The van der Waals surface area contributed by atoms with E-state index >= 15 is 0 Å². The summed E-state index contributed by atoms with van der Waals surface area (Å²) in [5.41, 5.74) is 0. The molecular formula is C12H22N2O2. The van der Waals surface area contributed by atoms with E-state index in [4.69, 9.17) is 4.74 Å². The molecule has 16 heavy (non-hydrogen) atoms. The van der Waals surface area contributed by atoms with Crippen LogP contribution in [0.25, 0.3) is 0 Å². The minimum absolute atomic E-state index is 0.171. The minimum Gasteiger partial charge on any atom is -0.372 e. The molecule has 0 aromatic carbocycles. The molecule has 92 valence electrons. The average Bonchev–Trinajstić information content (AvgIpc) is 2.28. The van der Waals surface area contributed by atoms with Crippen LogP contribution < -0.4 is 5.32 Å². The molecule has 2 heterocycles. The van der Waals surface area contributed by atoms with E-state index in [0.717, 1.165) is 39.0 Å². The van der Waals surface area contributed by atoms with Gasteiger partial charge in [-0.3, -0.25) is 4.79 Å². The van der Waals surface area contributed by atoms with E-state index in [9.17, 15) is 4.79 Å². The number of morpholine rings is 1. The number of amides is 1. The van der Waals surface area contributed by atoms with Crippen LogP contribution in [0.1, 0.15) is 26.7 Å². The van der Waals surface area contributed by atoms with Crippen LogP contribution in [0.3, 0.4) is 0 Å². The lowest BCUT2D eigenvalue weighted by atomic mass is 9.97. The Morgan fingerprint density at radius 1 is 1.31 bits per heavy atom. The summed E-state index contributed by atoms with van der Waals surface area (Å²) in [5, 5.41) is 3.30. The standard InChI is InChI=1S/C12H22N2O2/c1-9-7-14(8-10(2)16-9)12(15)11-4-3-5-13-6-11/h9-11,13H,3-8H2,1-2H3/t9?,10?,11-/m1/s1. The summed E-state index contributed by atoms with van der Waals surface area (Å²) in [6.07, 6.45) is 2.49. The quantitative estimate of drug-likeness (QED) is 0.713. The van der Waals surface area contributed by atoms with E-state index < -0.39 is 0 Å². The monoisotopic (exact) mass is 226 g/mol. The van der Waals surface area contributed by atoms with Crippen molar-refractivity contribution in [1.29, 1.82) is 0 Å². The van der Waals surface area contributed by atoms with Gasteiger partial charge in [0, 0.05) is 19.6 Å². The first kappa shape index (κ1) is 11.9. The van der Waals surface area contributed by atoms with Gasteiger partial charge in [-0.25, -0.2) is 0 Å². The normalized spacial score (nSPS) is 36.1. The lowest BCUT2D eigenvalue weighted by Crippen LogP contribution is -2.52. The molecule has 2 rings (SSSR count). The largest absolute Gasteiger partial charge is 0.372 e. The molecule has 4 heteroatoms. The predicted molar refractivity (Wildman–Crippen MR) is 62.2 cm³/mol. The molecule has 4 nitrogen and oxygen atoms in total. The summed E-state index contributed by atoms with van der Waals surface area (Å²) in [4.78, 5) is 14.3. The fraction of sp³-hybridized carbons (Fsp3) is 0.917. The highest BCUT2D eigenvalue weighted by atomic mass is 16.5. The molecule has 2 fully saturated rings. The molecular weight excluding hydrogens is 204 g/mol. The zero-order chi connectivity index (χ0) is 11.5. The van der Waals surface area contributed by atoms with Crippen LogP contribution in [0.5, 0.6) is 0 Å². The fourth-order valence-corrected chi connectivity index (χ4v) is 2.68. The first-order valence-corrected chi connectivity index (χ1v) is 6.32. The van der Waals surface area contributed by atoms with Crippen LogP contribution in [0.4, 0.5) is 0 Å². The Morgan fingerprint density at radius 2 is 2.00 bits per heavy atom. The van der Waals surface area contributed by atoms with Crippen LogP contribution >= 0.6 is 0 Å². The smallest absolute Gasteiger partial charge is 0.227 e. The van der Waals surface area contributed by atoms with Crippen LogP contribution in [-0.2, 0) is 9.53 Å². The van der Waals surface area contributed by atoms with E-state index in [2.05, 4.69) is 5.32 Å². The van der Waals surface area contributed by atoms with E-state index in [0.29, 0.717) is 5.91 Å². The van der Waals surface area contributed by atoms with E-state index in [1.807, 2.05) is 18.7 Å². The number of carbonyl (C=O) groups is 1. The van der Waals surface area contributed by atoms with Crippen LogP contribution in [0.15, 0.2) is 0 Å². The summed E-state index contributed by atoms with van der Waals surface area (Å²) < 4.78 is 5.64. The molecule has 0 spiro atoms. The molecule has 0 bridgehead atoms. The summed E-state index contributed by atoms with van der Waals surface area (Å²) in [6, 6.07) is 0. The second-order valence-electron chi connectivity index (χ2n) is 5.04. The first-order chi connectivity index (χ1) is 7.66. The molecule has 2 unspecified atom stereocenters. The number of hydrogen-bond donors (Lipinski definition) is 1. The predicted octanol–water partition coefficient (Wildman–Crippen LogP) is 0.622. The van der Waals surface area contributed by atoms with E-state index in [1.165, 1.54) is 0 Å². The molecule has 3 atom stereocenters. The Kier molecular flexibility index (Phi) is 3.82. The summed E-state index contributed by atoms with van der Waals surface area (Å²) in [7, 11) is 0. The third kappa shape index (κ3) is 2.74. The van der Waals surface area contributed by atoms with Crippen LogP contribution in [0.2, 0.25) is 0 Å². The molecule has 0 aromatic rings. The molecule has 2 aliphatic heterocycles. The van der Waals surface area contributed by atoms with Crippen LogP contribution in [-0.4, -0.2) is 49.2 Å². The van der Waals surface area contributed by atoms with Gasteiger partial charge >= 0.3 is 0 Å². The van der Waals surface area contributed by atoms with E-state index in [1.54, 1.807) is 0 Å². The topological polar surface area (TPSA) is 41.6 Å². The zero-order valence-electron chi connectivity index (χ0n) is 10.2. The number of nitrogens with one attached hydrogen (secondary N) is 1. The maximum Gasteiger partial charge on any atom is 0.227 e. The van der Waals surface area contributed by atoms with Crippen molar-refractivity contribution in [2.24, 2.45) is 5.92 Å². The van der Waals surface area contributed by atoms with Crippen molar-refractivity contribution in [2.45, 2.75) is 38.9 Å². The van der Waals surface area contributed by atoms with Gasteiger partial charge < -0.3 is 15.0 Å². The van der Waals surface area contributed by atoms with Crippen molar-refractivity contribution in [3.05, 3.63) is 0 Å². The number of rotatable bonds is 1. The molecule has 1 N–H and O–H groups in total. The molecule has 0 aliphatic carbocycles. The van der Waals surface area contributed by atoms with Crippen molar-refractivity contribution >= 4 is 5.91 Å². The van der Waals surface area contributed by atoms with Gasteiger partial charge in [0.2, 0.25) is 5.91 Å². The lowest BCUT2D eigenvalue weighted by molar-refractivity contribution is -0.147. The van der Waals surface area contributed by atoms with E-state index in [-0.39, 0.29) is 18.1 Å². The number of nitrogens with zero attached hydrogens (tertiary/aromatic N) is 1. The molecule has 2 aliphatic rings. The van der Waals surface area contributed by atoms with Gasteiger partial charge in [-0.15, -0.1) is 0 Å². The Hall–Kier alpha value is -0.610. The summed E-state index contributed by atoms with van der Waals surface area (Å²) >= 11 is 0. The van der Waals surface area contributed by atoms with Gasteiger partial charge in [0.1, 0.15) is 0 Å². The van der Waals surface area contributed by atoms with Crippen molar-refractivity contribution in [3.8, 4) is 0 Å². The summed E-state index contributed by atoms with van der Waals surface area (Å²) in [5.74, 6) is 0.500. The van der Waals surface area contributed by atoms with Crippen molar-refractivity contribution in [2.75, 3.05) is 26.2 Å². The Balaban J connectivity index is 1.92. The Labute approximate surface area is 97.3 Å². The van der Waals surface area contributed by atoms with Gasteiger partial charge in [-0.05, 0) is 33.2 Å². The number of hydrogen-bond acceptors (Lipinski definition) is 3. The van der Waals surface area contributed by atoms with Crippen molar-refractivity contribution in [3.63, 3.8) is 0 Å². The van der Waals surface area contributed by atoms with Gasteiger partial charge in [0.25, 0.3) is 0 Å². The number of carbonyl (C=O) groups excluding carboxylic acids is 1. The van der Waals surface area contributed by atoms with Gasteiger partial charge in [-0.2, -0.15) is 0 Å². The maximum absolute atomic E-state index is 12.3. The third-order valence-corrected chi connectivity index (χ3v) is 3.38. The van der Waals surface area contributed by atoms with Crippen molar-refractivity contribution in [1.82, 2.24) is 10.2 Å². The highest BCUT2D eigenvalue weighted by molar-refractivity contribution is 5.79. The second-order valence-corrected chi connectivity index (χ2v) is 5.04. The number of piperidine rings is 1. The first-order valence-electron chi connectivity index (χ1n) is 6.32. The van der Waals surface area contributed by atoms with Crippen LogP contribution in [0, 0.1) is 5.92 Å². The summed E-state index contributed by atoms with van der Waals surface area (Å²) in [6.45, 7) is 7.47. The third-order valence-electron chi connectivity index (χ3n) is 3.38. The highest BCUT2D eigenvalue weighted by Crippen LogP contribution is 2.17. The van der Waals surface area contributed by atoms with Gasteiger partial charge in [0.15, 0.2) is 0 Å². The lowest BCUT2D eigenvalue weighted by Gasteiger charge is -2.37. The van der Waals surface area contributed by atoms with Gasteiger partial charge in [0.05, 0.1) is 18.1 Å². The minimum atomic E-state index is 0.171. The SMILES string of the molecule is CC1CN(C(=O)[C@@H]2CCCNC2)CC(C)O1. The van der Waals surface area contributed by atoms with Crippen molar-refractivity contribution < 1.29 is 9.53 Å². The Morgan fingerprint density at radius 3 is 2.56 bits per heavy atom. The highest BCUT2D eigenvalue weighted by Gasteiger charge is 2.30. The average molecular weight is 226 g/mol. The molecule has 1 amide bonds. The zero-order valence-corrected chi connectivity index (χ0v) is 10.2. The fourth-order valence-electron chi connectivity index (χ4n) is 2.68. The molecule has 0 saturated carbocycles. The maximum atomic E-state index is 12.3. The molecule has 0 aromatic heterocycles. The van der Waals surface area contributed by atoms with Gasteiger partial charge in [-0.1, -0.05) is 0 Å². The Bertz CT molecular complexity index is 241. The molecule has 2 saturated heterocycles. The number of ether oxygens (including phenoxy) is 1. The second kappa shape index (κ2) is 5.15. The molecule has 0 radical (unpaired) electrons.